The van der Waals surface area contributed by atoms with Crippen molar-refractivity contribution < 1.29 is 5.11 Å². The van der Waals surface area contributed by atoms with Crippen molar-refractivity contribution in [2.45, 2.75) is 32.6 Å². The highest BCUT2D eigenvalue weighted by Gasteiger charge is 1.79. The fourth-order valence-electron chi connectivity index (χ4n) is 0.539. The maximum Gasteiger partial charge on any atom is 0.0431 e. The van der Waals surface area contributed by atoms with Gasteiger partial charge in [-0.15, -0.1) is 11.8 Å². The molecule has 9 heavy (non-hydrogen) atoms. The molecule has 0 spiro atoms. The van der Waals surface area contributed by atoms with E-state index in [9.17, 15) is 0 Å². The standard InChI is InChI=1S/C8H14O/c1-2-3-4-5-6-7-8-9/h9H,2,5-8H2,1H3. The fraction of sp³-hybridized carbons (Fsp3) is 0.750. The Balaban J connectivity index is 2.90. The molecule has 0 saturated carbocycles. The van der Waals surface area contributed by atoms with Gasteiger partial charge >= 0.3 is 0 Å². The molecule has 0 saturated heterocycles. The predicted molar refractivity (Wildman–Crippen MR) is 39.0 cm³/mol. The molecule has 0 bridgehead atoms. The lowest BCUT2D eigenvalue weighted by atomic mass is 10.2. The van der Waals surface area contributed by atoms with Crippen molar-refractivity contribution in [3.8, 4) is 11.8 Å². The summed E-state index contributed by atoms with van der Waals surface area (Å²) in [6.45, 7) is 2.34. The molecule has 0 aromatic carbocycles. The van der Waals surface area contributed by atoms with Crippen LogP contribution in [-0.4, -0.2) is 11.7 Å². The van der Waals surface area contributed by atoms with Crippen molar-refractivity contribution in [3.05, 3.63) is 0 Å². The monoisotopic (exact) mass is 126 g/mol. The fourth-order valence-corrected chi connectivity index (χ4v) is 0.539. The van der Waals surface area contributed by atoms with Gasteiger partial charge < -0.3 is 5.11 Å². The molecule has 1 heteroatoms. The summed E-state index contributed by atoms with van der Waals surface area (Å²) >= 11 is 0. The summed E-state index contributed by atoms with van der Waals surface area (Å²) in [5.41, 5.74) is 0. The van der Waals surface area contributed by atoms with Gasteiger partial charge in [-0.05, 0) is 12.8 Å². The van der Waals surface area contributed by atoms with Crippen molar-refractivity contribution in [3.63, 3.8) is 0 Å². The lowest BCUT2D eigenvalue weighted by molar-refractivity contribution is 0.285. The molecule has 0 aliphatic rings. The average Bonchev–Trinajstić information content (AvgIpc) is 1.89. The van der Waals surface area contributed by atoms with Crippen molar-refractivity contribution in [2.75, 3.05) is 6.61 Å². The Morgan fingerprint density at radius 3 is 2.56 bits per heavy atom. The smallest absolute Gasteiger partial charge is 0.0431 e. The van der Waals surface area contributed by atoms with Gasteiger partial charge in [0, 0.05) is 19.4 Å². The van der Waals surface area contributed by atoms with E-state index in [1.165, 1.54) is 0 Å². The third-order valence-corrected chi connectivity index (χ3v) is 1.01. The van der Waals surface area contributed by atoms with Crippen molar-refractivity contribution in [2.24, 2.45) is 0 Å². The highest BCUT2D eigenvalue weighted by atomic mass is 16.2. The molecular weight excluding hydrogens is 112 g/mol. The molecule has 0 unspecified atom stereocenters. The van der Waals surface area contributed by atoms with E-state index < -0.39 is 0 Å². The van der Waals surface area contributed by atoms with E-state index in [-0.39, 0.29) is 0 Å². The summed E-state index contributed by atoms with van der Waals surface area (Å²) in [7, 11) is 0. The molecule has 0 rings (SSSR count). The van der Waals surface area contributed by atoms with Crippen LogP contribution in [0.15, 0.2) is 0 Å². The maximum atomic E-state index is 8.37. The first-order valence-corrected chi connectivity index (χ1v) is 3.48. The van der Waals surface area contributed by atoms with Crippen LogP contribution < -0.4 is 0 Å². The number of hydrogen-bond acceptors (Lipinski definition) is 1. The summed E-state index contributed by atoms with van der Waals surface area (Å²) in [5.74, 6) is 5.98. The Labute approximate surface area is 57.1 Å². The second-order valence-electron chi connectivity index (χ2n) is 1.89. The Hall–Kier alpha value is -0.480. The van der Waals surface area contributed by atoms with Gasteiger partial charge in [0.2, 0.25) is 0 Å². The normalized spacial score (nSPS) is 8.22. The molecule has 0 heterocycles. The zero-order chi connectivity index (χ0) is 6.95. The molecule has 0 atom stereocenters. The minimum absolute atomic E-state index is 0.299. The summed E-state index contributed by atoms with van der Waals surface area (Å²) in [4.78, 5) is 0. The van der Waals surface area contributed by atoms with Gasteiger partial charge in [-0.25, -0.2) is 0 Å². The third kappa shape index (κ3) is 7.52. The van der Waals surface area contributed by atoms with Crippen LogP contribution in [0.1, 0.15) is 32.6 Å². The molecule has 0 radical (unpaired) electrons. The summed E-state index contributed by atoms with van der Waals surface area (Å²) in [6.07, 6.45) is 3.80. The molecule has 0 aliphatic carbocycles. The van der Waals surface area contributed by atoms with E-state index in [0.717, 1.165) is 25.7 Å². The van der Waals surface area contributed by atoms with Crippen molar-refractivity contribution in [1.29, 1.82) is 0 Å². The van der Waals surface area contributed by atoms with E-state index in [1.54, 1.807) is 0 Å². The first-order valence-electron chi connectivity index (χ1n) is 3.48. The van der Waals surface area contributed by atoms with E-state index >= 15 is 0 Å². The van der Waals surface area contributed by atoms with Crippen molar-refractivity contribution in [1.82, 2.24) is 0 Å². The molecular formula is C8H14O. The van der Waals surface area contributed by atoms with Gasteiger partial charge in [-0.2, -0.15) is 0 Å². The van der Waals surface area contributed by atoms with Crippen LogP contribution in [0.25, 0.3) is 0 Å². The third-order valence-electron chi connectivity index (χ3n) is 1.01. The molecule has 1 N–H and O–H groups in total. The lowest BCUT2D eigenvalue weighted by Gasteiger charge is -1.87. The van der Waals surface area contributed by atoms with E-state index in [1.807, 2.05) is 6.92 Å². The number of aliphatic hydroxyl groups is 1. The second-order valence-corrected chi connectivity index (χ2v) is 1.89. The first kappa shape index (κ1) is 8.52. The second kappa shape index (κ2) is 7.52. The Morgan fingerprint density at radius 1 is 1.22 bits per heavy atom. The minimum Gasteiger partial charge on any atom is -0.396 e. The number of rotatable bonds is 3. The summed E-state index contributed by atoms with van der Waals surface area (Å²) in [6, 6.07) is 0. The SMILES string of the molecule is CCC#CCCCCO. The Morgan fingerprint density at radius 2 is 2.00 bits per heavy atom. The van der Waals surface area contributed by atoms with E-state index in [4.69, 9.17) is 5.11 Å². The maximum absolute atomic E-state index is 8.37. The van der Waals surface area contributed by atoms with Gasteiger partial charge in [-0.3, -0.25) is 0 Å². The lowest BCUT2D eigenvalue weighted by Crippen LogP contribution is -1.80. The largest absolute Gasteiger partial charge is 0.396 e. The summed E-state index contributed by atoms with van der Waals surface area (Å²) in [5, 5.41) is 8.37. The van der Waals surface area contributed by atoms with Gasteiger partial charge in [0.15, 0.2) is 0 Å². The molecule has 52 valence electrons. The zero-order valence-electron chi connectivity index (χ0n) is 5.98. The molecule has 0 aliphatic heterocycles. The van der Waals surface area contributed by atoms with Crippen LogP contribution in [0.5, 0.6) is 0 Å². The first-order chi connectivity index (χ1) is 4.41. The Kier molecular flexibility index (Phi) is 7.12. The van der Waals surface area contributed by atoms with E-state index in [0.29, 0.717) is 6.61 Å². The average molecular weight is 126 g/mol. The molecule has 0 amide bonds. The zero-order valence-corrected chi connectivity index (χ0v) is 5.98. The number of hydrogen-bond donors (Lipinski definition) is 1. The van der Waals surface area contributed by atoms with E-state index in [2.05, 4.69) is 11.8 Å². The number of aliphatic hydroxyl groups excluding tert-OH is 1. The highest BCUT2D eigenvalue weighted by molar-refractivity contribution is 4.97. The van der Waals surface area contributed by atoms with Gasteiger partial charge in [0.25, 0.3) is 0 Å². The molecule has 0 fully saturated rings. The van der Waals surface area contributed by atoms with Crippen LogP contribution in [-0.2, 0) is 0 Å². The van der Waals surface area contributed by atoms with Crippen LogP contribution >= 0.6 is 0 Å². The quantitative estimate of drug-likeness (QED) is 0.449. The van der Waals surface area contributed by atoms with Gasteiger partial charge in [0.05, 0.1) is 0 Å². The summed E-state index contributed by atoms with van der Waals surface area (Å²) < 4.78 is 0. The Bertz CT molecular complexity index is 96.9. The molecule has 0 aromatic rings. The van der Waals surface area contributed by atoms with Crippen LogP contribution in [0, 0.1) is 11.8 Å². The predicted octanol–water partition coefficient (Wildman–Crippen LogP) is 1.56. The van der Waals surface area contributed by atoms with Crippen LogP contribution in [0.2, 0.25) is 0 Å². The van der Waals surface area contributed by atoms with Gasteiger partial charge in [0.1, 0.15) is 0 Å². The van der Waals surface area contributed by atoms with Gasteiger partial charge in [-0.1, -0.05) is 6.92 Å². The topological polar surface area (TPSA) is 20.2 Å². The van der Waals surface area contributed by atoms with Crippen LogP contribution in [0.4, 0.5) is 0 Å². The minimum atomic E-state index is 0.299. The molecule has 1 nitrogen and oxygen atoms in total. The highest BCUT2D eigenvalue weighted by Crippen LogP contribution is 1.91. The van der Waals surface area contributed by atoms with Crippen LogP contribution in [0.3, 0.4) is 0 Å². The van der Waals surface area contributed by atoms with Crippen molar-refractivity contribution >= 4 is 0 Å². The molecule has 0 aromatic heterocycles. The number of unbranched alkanes of at least 4 members (excludes halogenated alkanes) is 2.